The van der Waals surface area contributed by atoms with Crippen LogP contribution in [-0.2, 0) is 16.0 Å². The van der Waals surface area contributed by atoms with E-state index in [1.54, 1.807) is 12.1 Å². The minimum atomic E-state index is -0.353. The smallest absolute Gasteiger partial charge is 0.278 e. The van der Waals surface area contributed by atoms with Crippen molar-refractivity contribution < 1.29 is 14.3 Å². The van der Waals surface area contributed by atoms with E-state index in [0.717, 1.165) is 5.56 Å². The van der Waals surface area contributed by atoms with Gasteiger partial charge in [0.25, 0.3) is 11.8 Å². The van der Waals surface area contributed by atoms with E-state index in [0.29, 0.717) is 40.6 Å². The van der Waals surface area contributed by atoms with Crippen LogP contribution in [0, 0.1) is 0 Å². The van der Waals surface area contributed by atoms with Crippen LogP contribution < -0.4 is 10.1 Å². The molecule has 0 atom stereocenters. The van der Waals surface area contributed by atoms with Crippen molar-refractivity contribution in [2.75, 3.05) is 18.5 Å². The molecule has 0 aromatic heterocycles. The lowest BCUT2D eigenvalue weighted by atomic mass is 10.0. The number of imide groups is 1. The molecule has 0 unspecified atom stereocenters. The highest BCUT2D eigenvalue weighted by Crippen LogP contribution is 2.33. The predicted molar refractivity (Wildman–Crippen MR) is 126 cm³/mol. The first-order chi connectivity index (χ1) is 15.6. The Morgan fingerprint density at radius 3 is 2.28 bits per heavy atom. The van der Waals surface area contributed by atoms with E-state index < -0.39 is 0 Å². The number of hydrogen-bond donors (Lipinski definition) is 1. The molecule has 5 nitrogen and oxygen atoms in total. The second kappa shape index (κ2) is 9.71. The number of rotatable bonds is 8. The third-order valence-electron chi connectivity index (χ3n) is 5.21. The predicted octanol–water partition coefficient (Wildman–Crippen LogP) is 5.17. The lowest BCUT2D eigenvalue weighted by Crippen LogP contribution is -2.34. The summed E-state index contributed by atoms with van der Waals surface area (Å²) in [4.78, 5) is 28.0. The van der Waals surface area contributed by atoms with Crippen LogP contribution in [0.15, 0.2) is 84.6 Å². The van der Waals surface area contributed by atoms with Crippen LogP contribution in [0.3, 0.4) is 0 Å². The maximum atomic E-state index is 13.4. The average Bonchev–Trinajstić information content (AvgIpc) is 3.04. The molecule has 0 radical (unpaired) electrons. The van der Waals surface area contributed by atoms with E-state index in [9.17, 15) is 9.59 Å². The van der Waals surface area contributed by atoms with Crippen molar-refractivity contribution in [3.05, 3.63) is 101 Å². The summed E-state index contributed by atoms with van der Waals surface area (Å²) in [6.45, 7) is 2.66. The molecule has 1 heterocycles. The van der Waals surface area contributed by atoms with Gasteiger partial charge in [-0.3, -0.25) is 14.5 Å². The van der Waals surface area contributed by atoms with Crippen LogP contribution in [0.1, 0.15) is 18.1 Å². The van der Waals surface area contributed by atoms with Crippen molar-refractivity contribution in [2.24, 2.45) is 0 Å². The molecule has 0 spiro atoms. The Bertz CT molecular complexity index is 1160. The van der Waals surface area contributed by atoms with Crippen LogP contribution in [0.5, 0.6) is 5.75 Å². The first-order valence-corrected chi connectivity index (χ1v) is 10.9. The van der Waals surface area contributed by atoms with Crippen molar-refractivity contribution in [3.63, 3.8) is 0 Å². The highest BCUT2D eigenvalue weighted by Gasteiger charge is 2.39. The number of anilines is 1. The fraction of sp³-hybridized carbons (Fsp3) is 0.154. The van der Waals surface area contributed by atoms with E-state index >= 15 is 0 Å². The maximum absolute atomic E-state index is 13.4. The van der Waals surface area contributed by atoms with Gasteiger partial charge in [0.05, 0.1) is 17.9 Å². The highest BCUT2D eigenvalue weighted by molar-refractivity contribution is 6.36. The summed E-state index contributed by atoms with van der Waals surface area (Å²) < 4.78 is 5.69. The fourth-order valence-corrected chi connectivity index (χ4v) is 3.77. The molecule has 1 aliphatic heterocycles. The SMILES string of the molecule is CCOc1ccccc1NC1=C(c2ccccc2)C(=O)N(CCc2ccc(Cl)cc2)C1=O. The molecule has 162 valence electrons. The monoisotopic (exact) mass is 446 g/mol. The molecule has 3 aromatic carbocycles. The van der Waals surface area contributed by atoms with Gasteiger partial charge >= 0.3 is 0 Å². The molecule has 3 aromatic rings. The lowest BCUT2D eigenvalue weighted by Gasteiger charge is -2.16. The summed E-state index contributed by atoms with van der Waals surface area (Å²) in [5.74, 6) is -0.0459. The van der Waals surface area contributed by atoms with E-state index in [1.165, 1.54) is 4.90 Å². The summed E-state index contributed by atoms with van der Waals surface area (Å²) >= 11 is 5.96. The normalized spacial score (nSPS) is 13.6. The summed E-state index contributed by atoms with van der Waals surface area (Å²) in [5, 5.41) is 3.83. The number of benzene rings is 3. The molecular weight excluding hydrogens is 424 g/mol. The van der Waals surface area contributed by atoms with E-state index in [4.69, 9.17) is 16.3 Å². The van der Waals surface area contributed by atoms with Gasteiger partial charge in [0.2, 0.25) is 0 Å². The largest absolute Gasteiger partial charge is 0.492 e. The Morgan fingerprint density at radius 2 is 1.56 bits per heavy atom. The van der Waals surface area contributed by atoms with E-state index in [1.807, 2.05) is 73.7 Å². The second-order valence-electron chi connectivity index (χ2n) is 7.31. The van der Waals surface area contributed by atoms with E-state index in [2.05, 4.69) is 5.32 Å². The lowest BCUT2D eigenvalue weighted by molar-refractivity contribution is -0.136. The fourth-order valence-electron chi connectivity index (χ4n) is 3.65. The molecule has 32 heavy (non-hydrogen) atoms. The number of carbonyl (C=O) groups is 2. The maximum Gasteiger partial charge on any atom is 0.278 e. The van der Waals surface area contributed by atoms with Crippen LogP contribution >= 0.6 is 11.6 Å². The van der Waals surface area contributed by atoms with E-state index in [-0.39, 0.29) is 24.1 Å². The van der Waals surface area contributed by atoms with Gasteiger partial charge in [0, 0.05) is 11.6 Å². The molecule has 6 heteroatoms. The quantitative estimate of drug-likeness (QED) is 0.485. The van der Waals surface area contributed by atoms with Crippen LogP contribution in [-0.4, -0.2) is 29.9 Å². The molecule has 0 aliphatic carbocycles. The van der Waals surface area contributed by atoms with Crippen molar-refractivity contribution in [2.45, 2.75) is 13.3 Å². The van der Waals surface area contributed by atoms with Gasteiger partial charge < -0.3 is 10.1 Å². The van der Waals surface area contributed by atoms with Gasteiger partial charge in [0.1, 0.15) is 11.4 Å². The molecule has 2 amide bonds. The van der Waals surface area contributed by atoms with Gasteiger partial charge in [0.15, 0.2) is 0 Å². The highest BCUT2D eigenvalue weighted by atomic mass is 35.5. The Kier molecular flexibility index (Phi) is 6.57. The minimum absolute atomic E-state index is 0.254. The molecule has 0 bridgehead atoms. The van der Waals surface area contributed by atoms with Gasteiger partial charge in [-0.25, -0.2) is 0 Å². The van der Waals surface area contributed by atoms with Crippen molar-refractivity contribution in [1.82, 2.24) is 4.90 Å². The summed E-state index contributed by atoms with van der Waals surface area (Å²) in [7, 11) is 0. The van der Waals surface area contributed by atoms with Crippen LogP contribution in [0.4, 0.5) is 5.69 Å². The zero-order chi connectivity index (χ0) is 22.5. The number of para-hydroxylation sites is 2. The average molecular weight is 447 g/mol. The van der Waals surface area contributed by atoms with Crippen LogP contribution in [0.25, 0.3) is 5.57 Å². The molecular formula is C26H23ClN2O3. The molecule has 0 saturated heterocycles. The Hall–Kier alpha value is -3.57. The number of carbonyl (C=O) groups excluding carboxylic acids is 2. The van der Waals surface area contributed by atoms with Crippen molar-refractivity contribution >= 4 is 34.7 Å². The van der Waals surface area contributed by atoms with Gasteiger partial charge in [-0.15, -0.1) is 0 Å². The molecule has 1 aliphatic rings. The molecule has 1 N–H and O–H groups in total. The Balaban J connectivity index is 1.66. The summed E-state index contributed by atoms with van der Waals surface area (Å²) in [6, 6.07) is 24.0. The molecule has 0 fully saturated rings. The number of nitrogens with zero attached hydrogens (tertiary/aromatic N) is 1. The zero-order valence-electron chi connectivity index (χ0n) is 17.7. The zero-order valence-corrected chi connectivity index (χ0v) is 18.4. The van der Waals surface area contributed by atoms with Crippen LogP contribution in [0.2, 0.25) is 5.02 Å². The Morgan fingerprint density at radius 1 is 0.875 bits per heavy atom. The second-order valence-corrected chi connectivity index (χ2v) is 7.75. The molecule has 4 rings (SSSR count). The topological polar surface area (TPSA) is 58.6 Å². The number of halogens is 1. The number of amides is 2. The summed E-state index contributed by atoms with van der Waals surface area (Å²) in [6.07, 6.45) is 0.541. The first-order valence-electron chi connectivity index (χ1n) is 10.5. The summed E-state index contributed by atoms with van der Waals surface area (Å²) in [5.41, 5.74) is 2.94. The third kappa shape index (κ3) is 4.53. The van der Waals surface area contributed by atoms with Gasteiger partial charge in [-0.2, -0.15) is 0 Å². The van der Waals surface area contributed by atoms with Gasteiger partial charge in [-0.05, 0) is 48.7 Å². The molecule has 0 saturated carbocycles. The number of hydrogen-bond acceptors (Lipinski definition) is 4. The number of nitrogens with one attached hydrogen (secondary N) is 1. The van der Waals surface area contributed by atoms with Gasteiger partial charge in [-0.1, -0.05) is 66.2 Å². The van der Waals surface area contributed by atoms with Crippen molar-refractivity contribution in [3.8, 4) is 5.75 Å². The number of ether oxygens (including phenoxy) is 1. The third-order valence-corrected chi connectivity index (χ3v) is 5.47. The first kappa shape index (κ1) is 21.7. The van der Waals surface area contributed by atoms with Crippen molar-refractivity contribution in [1.29, 1.82) is 0 Å². The standard InChI is InChI=1S/C26H23ClN2O3/c1-2-32-22-11-7-6-10-21(22)28-24-23(19-8-4-3-5-9-19)25(30)29(26(24)31)17-16-18-12-14-20(27)15-13-18/h3-15,28H,2,16-17H2,1H3. The minimum Gasteiger partial charge on any atom is -0.492 e. The Labute approximate surface area is 192 Å².